The molecule has 0 fully saturated rings. The summed E-state index contributed by atoms with van der Waals surface area (Å²) in [7, 11) is 1.60. The number of ether oxygens (including phenoxy) is 1. The third-order valence-corrected chi connectivity index (χ3v) is 4.51. The summed E-state index contributed by atoms with van der Waals surface area (Å²) >= 11 is 0. The zero-order chi connectivity index (χ0) is 19.3. The molecule has 0 unspecified atom stereocenters. The van der Waals surface area contributed by atoms with Gasteiger partial charge in [-0.15, -0.1) is 0 Å². The van der Waals surface area contributed by atoms with Crippen LogP contribution in [-0.2, 0) is 12.8 Å². The summed E-state index contributed by atoms with van der Waals surface area (Å²) < 4.78 is 6.73. The summed E-state index contributed by atoms with van der Waals surface area (Å²) in [5.74, 6) is 0.475. The van der Waals surface area contributed by atoms with Crippen LogP contribution in [0.2, 0.25) is 0 Å². The number of methoxy groups -OCH3 is 1. The first-order valence-corrected chi connectivity index (χ1v) is 9.06. The number of aryl methyl sites for hydroxylation is 2. The number of rotatable bonds is 6. The van der Waals surface area contributed by atoms with Crippen molar-refractivity contribution in [2.45, 2.75) is 12.8 Å². The van der Waals surface area contributed by atoms with Crippen LogP contribution < -0.4 is 10.1 Å². The molecular weight excluding hydrogens is 352 g/mol. The quantitative estimate of drug-likeness (QED) is 0.559. The van der Waals surface area contributed by atoms with Gasteiger partial charge in [-0.25, -0.2) is 9.50 Å². The molecule has 0 spiro atoms. The number of aromatic nitrogens is 3. The van der Waals surface area contributed by atoms with Gasteiger partial charge in [0.1, 0.15) is 5.75 Å². The number of carbonyl (C=O) groups excluding carboxylic acids is 1. The normalized spacial score (nSPS) is 10.8. The summed E-state index contributed by atoms with van der Waals surface area (Å²) in [4.78, 5) is 17.0. The molecule has 0 saturated heterocycles. The average molecular weight is 372 g/mol. The van der Waals surface area contributed by atoms with Gasteiger partial charge in [-0.05, 0) is 54.8 Å². The number of imidazole rings is 1. The van der Waals surface area contributed by atoms with E-state index in [1.165, 1.54) is 5.56 Å². The summed E-state index contributed by atoms with van der Waals surface area (Å²) in [6.45, 7) is 0. The predicted molar refractivity (Wildman–Crippen MR) is 108 cm³/mol. The highest BCUT2D eigenvalue weighted by atomic mass is 16.5. The van der Waals surface area contributed by atoms with Gasteiger partial charge < -0.3 is 10.1 Å². The highest BCUT2D eigenvalue weighted by molar-refractivity contribution is 6.03. The van der Waals surface area contributed by atoms with Crippen LogP contribution in [0.5, 0.6) is 5.75 Å². The first-order chi connectivity index (χ1) is 13.7. The second-order valence-corrected chi connectivity index (χ2v) is 6.41. The molecular formula is C22H20N4O2. The van der Waals surface area contributed by atoms with E-state index in [2.05, 4.69) is 27.5 Å². The van der Waals surface area contributed by atoms with E-state index in [0.29, 0.717) is 17.0 Å². The van der Waals surface area contributed by atoms with E-state index in [1.807, 2.05) is 30.3 Å². The lowest BCUT2D eigenvalue weighted by molar-refractivity contribution is 0.102. The van der Waals surface area contributed by atoms with Crippen LogP contribution in [0.4, 0.5) is 5.69 Å². The molecule has 2 aromatic heterocycles. The van der Waals surface area contributed by atoms with Gasteiger partial charge in [0.05, 0.1) is 19.0 Å². The molecule has 0 aliphatic rings. The van der Waals surface area contributed by atoms with E-state index in [0.717, 1.165) is 24.3 Å². The van der Waals surface area contributed by atoms with Crippen LogP contribution in [-0.4, -0.2) is 27.6 Å². The Labute approximate surface area is 162 Å². The molecule has 0 atom stereocenters. The molecule has 0 bridgehead atoms. The van der Waals surface area contributed by atoms with Crippen molar-refractivity contribution in [1.82, 2.24) is 14.6 Å². The largest absolute Gasteiger partial charge is 0.497 e. The van der Waals surface area contributed by atoms with Gasteiger partial charge in [-0.1, -0.05) is 30.3 Å². The topological polar surface area (TPSA) is 68.5 Å². The predicted octanol–water partition coefficient (Wildman–Crippen LogP) is 3.78. The molecule has 1 N–H and O–H groups in total. The third-order valence-electron chi connectivity index (χ3n) is 4.51. The molecule has 0 saturated carbocycles. The van der Waals surface area contributed by atoms with E-state index < -0.39 is 0 Å². The Bertz CT molecular complexity index is 1090. The minimum Gasteiger partial charge on any atom is -0.497 e. The van der Waals surface area contributed by atoms with Crippen molar-refractivity contribution in [2.24, 2.45) is 0 Å². The first kappa shape index (κ1) is 17.7. The molecule has 6 heteroatoms. The van der Waals surface area contributed by atoms with Gasteiger partial charge in [0.25, 0.3) is 5.91 Å². The molecule has 140 valence electrons. The number of benzene rings is 2. The van der Waals surface area contributed by atoms with Crippen LogP contribution in [0.15, 0.2) is 72.9 Å². The molecule has 28 heavy (non-hydrogen) atoms. The van der Waals surface area contributed by atoms with Gasteiger partial charge in [0, 0.05) is 5.69 Å². The molecule has 0 aliphatic heterocycles. The maximum absolute atomic E-state index is 12.7. The van der Waals surface area contributed by atoms with E-state index in [1.54, 1.807) is 42.1 Å². The summed E-state index contributed by atoms with van der Waals surface area (Å²) in [6.07, 6.45) is 3.22. The van der Waals surface area contributed by atoms with Crippen LogP contribution in [0.1, 0.15) is 21.7 Å². The lowest BCUT2D eigenvalue weighted by Gasteiger charge is -2.07. The number of nitrogens with one attached hydrogen (secondary N) is 1. The van der Waals surface area contributed by atoms with Gasteiger partial charge in [0.2, 0.25) is 0 Å². The number of amides is 1. The van der Waals surface area contributed by atoms with E-state index >= 15 is 0 Å². The summed E-state index contributed by atoms with van der Waals surface area (Å²) in [6, 6.07) is 21.3. The monoisotopic (exact) mass is 372 g/mol. The summed E-state index contributed by atoms with van der Waals surface area (Å²) in [5.41, 5.74) is 3.89. The number of carbonyl (C=O) groups is 1. The molecule has 4 aromatic rings. The van der Waals surface area contributed by atoms with Crippen molar-refractivity contribution in [3.63, 3.8) is 0 Å². The third kappa shape index (κ3) is 3.86. The van der Waals surface area contributed by atoms with Crippen molar-refractivity contribution in [3.8, 4) is 5.75 Å². The Morgan fingerprint density at radius 1 is 1.00 bits per heavy atom. The van der Waals surface area contributed by atoms with Gasteiger partial charge in [-0.2, -0.15) is 5.10 Å². The number of hydrogen-bond acceptors (Lipinski definition) is 4. The number of nitrogens with zero attached hydrogens (tertiary/aromatic N) is 3. The molecule has 2 heterocycles. The SMILES string of the molecule is COc1ccc(NC(=O)c2cnc3ccc(CCc4ccccc4)nn23)cc1. The fraction of sp³-hybridized carbons (Fsp3) is 0.136. The van der Waals surface area contributed by atoms with Gasteiger partial charge in [0.15, 0.2) is 11.3 Å². The standard InChI is InChI=1S/C22H20N4O2/c1-28-19-12-9-17(10-13-19)24-22(27)20-15-23-21-14-11-18(25-26(20)21)8-7-16-5-3-2-4-6-16/h2-6,9-15H,7-8H2,1H3,(H,24,27). The first-order valence-electron chi connectivity index (χ1n) is 9.06. The zero-order valence-electron chi connectivity index (χ0n) is 15.5. The highest BCUT2D eigenvalue weighted by Gasteiger charge is 2.14. The fourth-order valence-electron chi connectivity index (χ4n) is 2.99. The Balaban J connectivity index is 1.52. The Morgan fingerprint density at radius 3 is 2.54 bits per heavy atom. The second kappa shape index (κ2) is 7.92. The van der Waals surface area contributed by atoms with Crippen molar-refractivity contribution in [3.05, 3.63) is 89.9 Å². The maximum Gasteiger partial charge on any atom is 0.276 e. The number of fused-ring (bicyclic) bond motifs is 1. The smallest absolute Gasteiger partial charge is 0.276 e. The molecule has 6 nitrogen and oxygen atoms in total. The minimum atomic E-state index is -0.259. The van der Waals surface area contributed by atoms with Gasteiger partial charge >= 0.3 is 0 Å². The fourth-order valence-corrected chi connectivity index (χ4v) is 2.99. The van der Waals surface area contributed by atoms with E-state index in [9.17, 15) is 4.79 Å². The maximum atomic E-state index is 12.7. The number of anilines is 1. The number of hydrogen-bond donors (Lipinski definition) is 1. The Morgan fingerprint density at radius 2 is 1.79 bits per heavy atom. The molecule has 0 aliphatic carbocycles. The van der Waals surface area contributed by atoms with Crippen molar-refractivity contribution >= 4 is 17.2 Å². The Hall–Kier alpha value is -3.67. The van der Waals surface area contributed by atoms with E-state index in [4.69, 9.17) is 4.74 Å². The molecule has 2 aromatic carbocycles. The van der Waals surface area contributed by atoms with E-state index in [-0.39, 0.29) is 5.91 Å². The zero-order valence-corrected chi connectivity index (χ0v) is 15.5. The lowest BCUT2D eigenvalue weighted by Crippen LogP contribution is -2.15. The average Bonchev–Trinajstić information content (AvgIpc) is 3.17. The van der Waals surface area contributed by atoms with Crippen LogP contribution >= 0.6 is 0 Å². The van der Waals surface area contributed by atoms with Crippen molar-refractivity contribution < 1.29 is 9.53 Å². The second-order valence-electron chi connectivity index (χ2n) is 6.41. The molecule has 4 rings (SSSR count). The minimum absolute atomic E-state index is 0.259. The Kier molecular flexibility index (Phi) is 5.01. The van der Waals surface area contributed by atoms with Gasteiger partial charge in [-0.3, -0.25) is 4.79 Å². The summed E-state index contributed by atoms with van der Waals surface area (Å²) in [5, 5.41) is 7.48. The van der Waals surface area contributed by atoms with Crippen LogP contribution in [0.25, 0.3) is 5.65 Å². The van der Waals surface area contributed by atoms with Crippen LogP contribution in [0, 0.1) is 0 Å². The molecule has 1 amide bonds. The van der Waals surface area contributed by atoms with Crippen molar-refractivity contribution in [2.75, 3.05) is 12.4 Å². The van der Waals surface area contributed by atoms with Crippen LogP contribution in [0.3, 0.4) is 0 Å². The highest BCUT2D eigenvalue weighted by Crippen LogP contribution is 2.16. The van der Waals surface area contributed by atoms with Crippen molar-refractivity contribution in [1.29, 1.82) is 0 Å². The molecule has 0 radical (unpaired) electrons. The lowest BCUT2D eigenvalue weighted by atomic mass is 10.1.